The minimum atomic E-state index is -4.28. The summed E-state index contributed by atoms with van der Waals surface area (Å²) < 4.78 is 111. The molecule has 19 nitrogen and oxygen atoms in total. The van der Waals surface area contributed by atoms with Crippen LogP contribution in [-0.2, 0) is 37.8 Å². The second kappa shape index (κ2) is 27.7. The van der Waals surface area contributed by atoms with Crippen molar-refractivity contribution in [2.45, 2.75) is 144 Å². The number of amides is 2. The van der Waals surface area contributed by atoms with Crippen LogP contribution in [0.2, 0.25) is 0 Å². The monoisotopic (exact) mass is 943 g/mol. The van der Waals surface area contributed by atoms with Gasteiger partial charge in [0.15, 0.2) is 37.0 Å². The van der Waals surface area contributed by atoms with Gasteiger partial charge in [-0.3, -0.25) is 9.36 Å². The van der Waals surface area contributed by atoms with Crippen molar-refractivity contribution in [2.24, 2.45) is 5.92 Å². The summed E-state index contributed by atoms with van der Waals surface area (Å²) in [6, 6.07) is -0.0405. The molecule has 4 fully saturated rings. The molecule has 10 atom stereocenters. The van der Waals surface area contributed by atoms with Crippen LogP contribution in [0.3, 0.4) is 0 Å². The minimum absolute atomic E-state index is 0.00328. The maximum absolute atomic E-state index is 13.8. The lowest BCUT2D eigenvalue weighted by Crippen LogP contribution is -2.57. The van der Waals surface area contributed by atoms with Crippen LogP contribution in [0.1, 0.15) is 64.2 Å². The molecule has 3 aliphatic carbocycles. The van der Waals surface area contributed by atoms with Gasteiger partial charge >= 0.3 is 19.6 Å². The molecule has 0 bridgehead atoms. The first-order chi connectivity index (χ1) is 30.0. The number of carbonyl (C=O) groups is 2. The average Bonchev–Trinajstić information content (AvgIpc) is 3.71. The normalized spacial score (nSPS) is 34.2. The van der Waals surface area contributed by atoms with Crippen molar-refractivity contribution in [3.8, 4) is 0 Å². The number of esters is 1. The van der Waals surface area contributed by atoms with Crippen molar-refractivity contribution in [1.82, 2.24) is 26.6 Å². The van der Waals surface area contributed by atoms with E-state index in [1.165, 1.54) is 0 Å². The number of ether oxygens (including phenoxy) is 6. The number of hydrogen-bond acceptors (Lipinski definition) is 15. The Kier molecular flexibility index (Phi) is 23.6. The van der Waals surface area contributed by atoms with Crippen LogP contribution in [0.25, 0.3) is 0 Å². The van der Waals surface area contributed by atoms with Gasteiger partial charge in [-0.05, 0) is 57.3 Å². The number of halogens is 5. The van der Waals surface area contributed by atoms with E-state index in [-0.39, 0.29) is 63.5 Å². The summed E-state index contributed by atoms with van der Waals surface area (Å²) in [5.74, 6) is -1.75. The quantitative estimate of drug-likeness (QED) is 0.0236. The molecule has 9 N–H and O–H groups in total. The van der Waals surface area contributed by atoms with Gasteiger partial charge in [-0.25, -0.2) is 37.2 Å². The van der Waals surface area contributed by atoms with Crippen LogP contribution in [0.15, 0.2) is 0 Å². The fourth-order valence-corrected chi connectivity index (χ4v) is 8.60. The number of unbranched alkanes of at least 4 members (excludes halogenated alkanes) is 1. The number of urea groups is 1. The zero-order chi connectivity index (χ0) is 45.9. The van der Waals surface area contributed by atoms with Gasteiger partial charge in [0.25, 0.3) is 0 Å². The molecule has 1 heterocycles. The Hall–Kier alpha value is -1.90. The molecule has 25 heteroatoms. The lowest BCUT2D eigenvalue weighted by Gasteiger charge is -2.42. The van der Waals surface area contributed by atoms with Gasteiger partial charge in [0.05, 0.1) is 83.7 Å². The second-order valence-corrected chi connectivity index (χ2v) is 18.2. The fourth-order valence-electron chi connectivity index (χ4n) is 7.93. The molecular weight excluding hydrogens is 876 g/mol. The van der Waals surface area contributed by atoms with E-state index in [0.29, 0.717) is 65.2 Å². The van der Waals surface area contributed by atoms with E-state index < -0.39 is 93.4 Å². The Labute approximate surface area is 363 Å². The van der Waals surface area contributed by atoms with Gasteiger partial charge in [0.2, 0.25) is 0 Å². The third-order valence-corrected chi connectivity index (χ3v) is 12.4. The molecule has 63 heavy (non-hydrogen) atoms. The van der Waals surface area contributed by atoms with Crippen LogP contribution in [-0.4, -0.2) is 200 Å². The summed E-state index contributed by atoms with van der Waals surface area (Å²) in [4.78, 5) is 42.7. The van der Waals surface area contributed by atoms with Gasteiger partial charge in [-0.2, -0.15) is 5.53 Å². The topological polar surface area (TPSA) is 259 Å². The summed E-state index contributed by atoms with van der Waals surface area (Å²) in [5.41, 5.74) is 6.39. The summed E-state index contributed by atoms with van der Waals surface area (Å²) in [6.45, 7) is 3.85. The first kappa shape index (κ1) is 53.7. The molecule has 0 aromatic carbocycles. The van der Waals surface area contributed by atoms with Gasteiger partial charge in [0.1, 0.15) is 12.2 Å². The van der Waals surface area contributed by atoms with E-state index in [4.69, 9.17) is 23.7 Å². The van der Waals surface area contributed by atoms with E-state index in [1.807, 2.05) is 5.01 Å². The van der Waals surface area contributed by atoms with Crippen LogP contribution < -0.4 is 21.6 Å². The van der Waals surface area contributed by atoms with Gasteiger partial charge in [-0.15, -0.1) is 0 Å². The average molecular weight is 944 g/mol. The molecule has 1 saturated heterocycles. The Balaban J connectivity index is 0.899. The number of hydrazine groups is 2. The summed E-state index contributed by atoms with van der Waals surface area (Å²) in [7, 11) is -4.28. The number of carbonyl (C=O) groups excluding carboxylic acids is 2. The van der Waals surface area contributed by atoms with E-state index >= 15 is 0 Å². The molecule has 0 aromatic heterocycles. The molecule has 4 aliphatic rings. The first-order valence-electron chi connectivity index (χ1n) is 21.8. The fraction of sp³-hybridized carbons (Fsp3) is 0.947. The molecule has 1 aliphatic heterocycles. The molecule has 4 rings (SSSR count). The number of aliphatic hydroxyl groups excluding tert-OH is 3. The Morgan fingerprint density at radius 1 is 0.730 bits per heavy atom. The standard InChI is InChI=1S/C38H67F5N5O14P/c39-29-30(40)32(42)37(33(43)31(29)41)62-28(49)8-12-57-14-16-59-18-19-60-17-15-58-13-11-48-22-25(46-47-48)3-1-2-10-44-38(53)45-24-4-6-26(7-5-24)61-27-21-23(9-20-63(54,55)56)34(50)36(52)35(27)51/h23-27,29-37,46-47,50-52H,1-22H2,(H2,44,45,53)(H2,54,55,56)/t23-,24?,25?,26?,27-,29?,30?,31?,32?,33?,34+,35+,36-,37?/m0/s1. The first-order valence-corrected chi connectivity index (χ1v) is 23.6. The Bertz CT molecular complexity index is 1370. The zero-order valence-corrected chi connectivity index (χ0v) is 36.2. The third kappa shape index (κ3) is 18.7. The minimum Gasteiger partial charge on any atom is -0.456 e. The maximum Gasteiger partial charge on any atom is 0.325 e. The molecule has 0 spiro atoms. The Morgan fingerprint density at radius 2 is 1.32 bits per heavy atom. The van der Waals surface area contributed by atoms with Gasteiger partial charge in [-0.1, -0.05) is 6.42 Å². The van der Waals surface area contributed by atoms with Crippen molar-refractivity contribution < 1.29 is 89.6 Å². The molecule has 368 valence electrons. The highest BCUT2D eigenvalue weighted by atomic mass is 31.2. The van der Waals surface area contributed by atoms with Crippen LogP contribution in [0, 0.1) is 5.92 Å². The van der Waals surface area contributed by atoms with E-state index in [0.717, 1.165) is 25.8 Å². The number of rotatable bonds is 27. The largest absolute Gasteiger partial charge is 0.456 e. The molecule has 5 unspecified atom stereocenters. The highest BCUT2D eigenvalue weighted by molar-refractivity contribution is 7.51. The van der Waals surface area contributed by atoms with Crippen molar-refractivity contribution in [1.29, 1.82) is 0 Å². The molecule has 3 saturated carbocycles. The predicted octanol–water partition coefficient (Wildman–Crippen LogP) is 0.589. The zero-order valence-electron chi connectivity index (χ0n) is 35.3. The number of nitrogens with zero attached hydrogens (tertiary/aromatic N) is 1. The number of nitrogens with one attached hydrogen (secondary N) is 4. The second-order valence-electron chi connectivity index (χ2n) is 16.5. The highest BCUT2D eigenvalue weighted by Gasteiger charge is 2.55. The maximum atomic E-state index is 13.8. The summed E-state index contributed by atoms with van der Waals surface area (Å²) >= 11 is 0. The molecular formula is C38H67F5N5O14P. The van der Waals surface area contributed by atoms with Crippen LogP contribution >= 0.6 is 7.60 Å². The number of hydrogen-bond donors (Lipinski definition) is 9. The predicted molar refractivity (Wildman–Crippen MR) is 213 cm³/mol. The lowest BCUT2D eigenvalue weighted by molar-refractivity contribution is -0.189. The smallest absolute Gasteiger partial charge is 0.325 e. The van der Waals surface area contributed by atoms with Gasteiger partial charge < -0.3 is 64.2 Å². The molecule has 0 radical (unpaired) electrons. The molecule has 0 aromatic rings. The van der Waals surface area contributed by atoms with Crippen molar-refractivity contribution in [3.63, 3.8) is 0 Å². The van der Waals surface area contributed by atoms with Crippen LogP contribution in [0.4, 0.5) is 26.7 Å². The van der Waals surface area contributed by atoms with Crippen LogP contribution in [0.5, 0.6) is 0 Å². The van der Waals surface area contributed by atoms with Crippen molar-refractivity contribution in [3.05, 3.63) is 0 Å². The third-order valence-electron chi connectivity index (χ3n) is 11.6. The lowest BCUT2D eigenvalue weighted by atomic mass is 9.79. The van der Waals surface area contributed by atoms with E-state index in [1.54, 1.807) is 0 Å². The number of alkyl halides is 5. The summed E-state index contributed by atoms with van der Waals surface area (Å²) in [6.07, 6.45) is -17.4. The van der Waals surface area contributed by atoms with E-state index in [9.17, 15) is 61.2 Å². The van der Waals surface area contributed by atoms with Crippen molar-refractivity contribution in [2.75, 3.05) is 78.7 Å². The van der Waals surface area contributed by atoms with Crippen molar-refractivity contribution >= 4 is 19.6 Å². The Morgan fingerprint density at radius 3 is 1.94 bits per heavy atom. The van der Waals surface area contributed by atoms with E-state index in [2.05, 4.69) is 26.3 Å². The van der Waals surface area contributed by atoms with Gasteiger partial charge in [0, 0.05) is 31.7 Å². The number of aliphatic hydroxyl groups is 3. The highest BCUT2D eigenvalue weighted by Crippen LogP contribution is 2.40. The SMILES string of the molecule is O=C(NCCCCC1CN(CCOCCOCCOCCOCCC(=O)OC2C(F)C(F)C(F)C(F)C2F)NN1)NC1CCC(O[C@H]2C[C@H](CCP(=O)(O)O)[C@@H](O)[C@H](O)[C@@H]2O)CC1. The molecule has 2 amide bonds. The summed E-state index contributed by atoms with van der Waals surface area (Å²) in [5, 5.41) is 39.0.